The van der Waals surface area contributed by atoms with Gasteiger partial charge in [-0.15, -0.1) is 0 Å². The van der Waals surface area contributed by atoms with E-state index in [0.717, 1.165) is 17.3 Å². The molecular formula is C14H15N3O2. The topological polar surface area (TPSA) is 56.1 Å². The van der Waals surface area contributed by atoms with Gasteiger partial charge in [0.15, 0.2) is 0 Å². The van der Waals surface area contributed by atoms with Crippen LogP contribution in [0.1, 0.15) is 23.4 Å². The Labute approximate surface area is 110 Å². The van der Waals surface area contributed by atoms with Gasteiger partial charge >= 0.3 is 0 Å². The molecule has 0 aliphatic carbocycles. The van der Waals surface area contributed by atoms with Crippen LogP contribution in [0, 0.1) is 0 Å². The van der Waals surface area contributed by atoms with Crippen LogP contribution in [-0.4, -0.2) is 9.55 Å². The van der Waals surface area contributed by atoms with Crippen molar-refractivity contribution in [1.82, 2.24) is 14.9 Å². The van der Waals surface area contributed by atoms with Crippen LogP contribution in [0.15, 0.2) is 58.0 Å². The SMILES string of the molecule is Cn1ccnc1C(NCc1ccco1)c1ccco1. The Kier molecular flexibility index (Phi) is 3.20. The quantitative estimate of drug-likeness (QED) is 0.763. The Hall–Kier alpha value is -2.27. The molecule has 0 saturated carbocycles. The van der Waals surface area contributed by atoms with E-state index in [2.05, 4.69) is 10.3 Å². The van der Waals surface area contributed by atoms with Crippen molar-refractivity contribution in [3.63, 3.8) is 0 Å². The van der Waals surface area contributed by atoms with Crippen LogP contribution in [0.25, 0.3) is 0 Å². The number of nitrogens with one attached hydrogen (secondary N) is 1. The minimum atomic E-state index is -0.0971. The summed E-state index contributed by atoms with van der Waals surface area (Å²) in [5.41, 5.74) is 0. The molecule has 5 nitrogen and oxygen atoms in total. The largest absolute Gasteiger partial charge is 0.468 e. The summed E-state index contributed by atoms with van der Waals surface area (Å²) in [6, 6.07) is 7.53. The third-order valence-electron chi connectivity index (χ3n) is 3.00. The van der Waals surface area contributed by atoms with Gasteiger partial charge in [-0.2, -0.15) is 0 Å². The molecule has 5 heteroatoms. The summed E-state index contributed by atoms with van der Waals surface area (Å²) in [6.07, 6.45) is 7.03. The van der Waals surface area contributed by atoms with Gasteiger partial charge in [0.05, 0.1) is 19.1 Å². The molecule has 3 heterocycles. The summed E-state index contributed by atoms with van der Waals surface area (Å²) >= 11 is 0. The standard InChI is InChI=1S/C14H15N3O2/c1-17-7-6-15-14(17)13(12-5-3-9-19-12)16-10-11-4-2-8-18-11/h2-9,13,16H,10H2,1H3. The molecule has 1 unspecified atom stereocenters. The number of imidazole rings is 1. The van der Waals surface area contributed by atoms with Crippen molar-refractivity contribution >= 4 is 0 Å². The van der Waals surface area contributed by atoms with Gasteiger partial charge in [-0.25, -0.2) is 4.98 Å². The molecular weight excluding hydrogens is 242 g/mol. The fourth-order valence-corrected chi connectivity index (χ4v) is 2.05. The maximum atomic E-state index is 5.50. The average molecular weight is 257 g/mol. The smallest absolute Gasteiger partial charge is 0.133 e. The number of furan rings is 2. The Morgan fingerprint density at radius 3 is 2.74 bits per heavy atom. The molecule has 3 aromatic heterocycles. The summed E-state index contributed by atoms with van der Waals surface area (Å²) in [7, 11) is 1.97. The van der Waals surface area contributed by atoms with E-state index in [1.54, 1.807) is 18.7 Å². The first kappa shape index (κ1) is 11.8. The fraction of sp³-hybridized carbons (Fsp3) is 0.214. The third-order valence-corrected chi connectivity index (χ3v) is 3.00. The van der Waals surface area contributed by atoms with Crippen LogP contribution in [-0.2, 0) is 13.6 Å². The number of nitrogens with zero attached hydrogens (tertiary/aromatic N) is 2. The molecule has 0 aromatic carbocycles. The molecule has 0 saturated heterocycles. The van der Waals surface area contributed by atoms with E-state index in [4.69, 9.17) is 8.83 Å². The van der Waals surface area contributed by atoms with Crippen LogP contribution in [0.4, 0.5) is 0 Å². The molecule has 0 aliphatic heterocycles. The predicted molar refractivity (Wildman–Crippen MR) is 69.3 cm³/mol. The van der Waals surface area contributed by atoms with Gasteiger partial charge in [-0.1, -0.05) is 0 Å². The highest BCUT2D eigenvalue weighted by molar-refractivity contribution is 5.16. The van der Waals surface area contributed by atoms with Crippen LogP contribution < -0.4 is 5.32 Å². The molecule has 19 heavy (non-hydrogen) atoms. The number of hydrogen-bond donors (Lipinski definition) is 1. The van der Waals surface area contributed by atoms with Crippen LogP contribution in [0.5, 0.6) is 0 Å². The van der Waals surface area contributed by atoms with Crippen molar-refractivity contribution in [3.05, 3.63) is 66.5 Å². The monoisotopic (exact) mass is 257 g/mol. The normalized spacial score (nSPS) is 12.7. The molecule has 1 N–H and O–H groups in total. The third kappa shape index (κ3) is 2.46. The summed E-state index contributed by atoms with van der Waals surface area (Å²) in [5, 5.41) is 3.40. The molecule has 0 aliphatic rings. The summed E-state index contributed by atoms with van der Waals surface area (Å²) in [4.78, 5) is 4.38. The zero-order valence-corrected chi connectivity index (χ0v) is 10.6. The van der Waals surface area contributed by atoms with Crippen molar-refractivity contribution in [3.8, 4) is 0 Å². The predicted octanol–water partition coefficient (Wildman–Crippen LogP) is 2.49. The van der Waals surface area contributed by atoms with E-state index in [1.165, 1.54) is 0 Å². The van der Waals surface area contributed by atoms with Crippen molar-refractivity contribution < 1.29 is 8.83 Å². The molecule has 1 atom stereocenters. The molecule has 3 aromatic rings. The van der Waals surface area contributed by atoms with E-state index in [1.807, 2.05) is 42.1 Å². The Balaban J connectivity index is 1.83. The van der Waals surface area contributed by atoms with Gasteiger partial charge in [0, 0.05) is 19.4 Å². The second-order valence-electron chi connectivity index (χ2n) is 4.31. The number of hydrogen-bond acceptors (Lipinski definition) is 4. The highest BCUT2D eigenvalue weighted by Crippen LogP contribution is 2.21. The van der Waals surface area contributed by atoms with Crippen molar-refractivity contribution in [2.24, 2.45) is 7.05 Å². The average Bonchev–Trinajstić information content (AvgIpc) is 3.13. The molecule has 0 fully saturated rings. The second-order valence-corrected chi connectivity index (χ2v) is 4.31. The van der Waals surface area contributed by atoms with Gasteiger partial charge in [-0.3, -0.25) is 5.32 Å². The molecule has 0 spiro atoms. The highest BCUT2D eigenvalue weighted by Gasteiger charge is 2.20. The lowest BCUT2D eigenvalue weighted by Crippen LogP contribution is -2.24. The maximum absolute atomic E-state index is 5.50. The Bertz CT molecular complexity index is 611. The van der Waals surface area contributed by atoms with Crippen molar-refractivity contribution in [2.75, 3.05) is 0 Å². The van der Waals surface area contributed by atoms with Crippen LogP contribution >= 0.6 is 0 Å². The second kappa shape index (κ2) is 5.16. The van der Waals surface area contributed by atoms with Crippen molar-refractivity contribution in [1.29, 1.82) is 0 Å². The van der Waals surface area contributed by atoms with Gasteiger partial charge in [0.1, 0.15) is 23.4 Å². The first-order chi connectivity index (χ1) is 9.34. The summed E-state index contributed by atoms with van der Waals surface area (Å²) in [5.74, 6) is 2.62. The maximum Gasteiger partial charge on any atom is 0.133 e. The van der Waals surface area contributed by atoms with E-state index in [0.29, 0.717) is 6.54 Å². The van der Waals surface area contributed by atoms with Gasteiger partial charge in [-0.05, 0) is 24.3 Å². The minimum Gasteiger partial charge on any atom is -0.468 e. The molecule has 3 rings (SSSR count). The first-order valence-corrected chi connectivity index (χ1v) is 6.11. The molecule has 98 valence electrons. The highest BCUT2D eigenvalue weighted by atomic mass is 16.3. The number of rotatable bonds is 5. The fourth-order valence-electron chi connectivity index (χ4n) is 2.05. The van der Waals surface area contributed by atoms with Gasteiger partial charge in [0.25, 0.3) is 0 Å². The lowest BCUT2D eigenvalue weighted by molar-refractivity contribution is 0.407. The molecule has 0 bridgehead atoms. The number of aryl methyl sites for hydroxylation is 1. The minimum absolute atomic E-state index is 0.0971. The molecule has 0 amide bonds. The Morgan fingerprint density at radius 1 is 1.26 bits per heavy atom. The first-order valence-electron chi connectivity index (χ1n) is 6.11. The lowest BCUT2D eigenvalue weighted by Gasteiger charge is -2.15. The van der Waals surface area contributed by atoms with E-state index in [9.17, 15) is 0 Å². The summed E-state index contributed by atoms with van der Waals surface area (Å²) < 4.78 is 12.8. The van der Waals surface area contributed by atoms with Crippen molar-refractivity contribution in [2.45, 2.75) is 12.6 Å². The Morgan fingerprint density at radius 2 is 2.11 bits per heavy atom. The van der Waals surface area contributed by atoms with E-state index < -0.39 is 0 Å². The number of aromatic nitrogens is 2. The van der Waals surface area contributed by atoms with Crippen LogP contribution in [0.2, 0.25) is 0 Å². The van der Waals surface area contributed by atoms with E-state index >= 15 is 0 Å². The zero-order valence-electron chi connectivity index (χ0n) is 10.6. The van der Waals surface area contributed by atoms with Crippen LogP contribution in [0.3, 0.4) is 0 Å². The van der Waals surface area contributed by atoms with E-state index in [-0.39, 0.29) is 6.04 Å². The zero-order chi connectivity index (χ0) is 13.1. The summed E-state index contributed by atoms with van der Waals surface area (Å²) in [6.45, 7) is 0.616. The lowest BCUT2D eigenvalue weighted by atomic mass is 10.2. The molecule has 0 radical (unpaired) electrons. The van der Waals surface area contributed by atoms with Gasteiger partial charge in [0.2, 0.25) is 0 Å². The van der Waals surface area contributed by atoms with Gasteiger partial charge < -0.3 is 13.4 Å².